The van der Waals surface area contributed by atoms with Crippen LogP contribution in [-0.4, -0.2) is 10.5 Å². The van der Waals surface area contributed by atoms with Crippen molar-refractivity contribution in [3.63, 3.8) is 0 Å². The van der Waals surface area contributed by atoms with Gasteiger partial charge >= 0.3 is 0 Å². The van der Waals surface area contributed by atoms with Gasteiger partial charge in [0.1, 0.15) is 0 Å². The van der Waals surface area contributed by atoms with Crippen molar-refractivity contribution in [3.05, 3.63) is 11.5 Å². The van der Waals surface area contributed by atoms with E-state index in [9.17, 15) is 4.21 Å². The largest absolute Gasteiger partial charge is 0.255 e. The molecule has 0 saturated carbocycles. The van der Waals surface area contributed by atoms with Crippen molar-refractivity contribution in [1.29, 1.82) is 0 Å². The summed E-state index contributed by atoms with van der Waals surface area (Å²) in [5.74, 6) is 0. The summed E-state index contributed by atoms with van der Waals surface area (Å²) >= 11 is 0. The van der Waals surface area contributed by atoms with Gasteiger partial charge in [-0.1, -0.05) is 13.0 Å². The monoisotopic (exact) mass is 118 g/mol. The zero-order chi connectivity index (χ0) is 5.70. The molecule has 0 aromatic carbocycles. The van der Waals surface area contributed by atoms with E-state index in [4.69, 9.17) is 0 Å². The third-order valence-corrected chi connectivity index (χ3v) is 1.10. The fourth-order valence-corrected chi connectivity index (χ4v) is 0.695. The van der Waals surface area contributed by atoms with Crippen LogP contribution in [0.15, 0.2) is 11.5 Å². The Morgan fingerprint density at radius 1 is 1.71 bits per heavy atom. The third-order valence-electron chi connectivity index (χ3n) is 0.524. The van der Waals surface area contributed by atoms with Crippen LogP contribution < -0.4 is 0 Å². The Labute approximate surface area is 46.9 Å². The zero-order valence-corrected chi connectivity index (χ0v) is 5.49. The molecule has 0 saturated heterocycles. The van der Waals surface area contributed by atoms with E-state index in [1.165, 1.54) is 0 Å². The fraction of sp³-hybridized carbons (Fsp3) is 0.600. The van der Waals surface area contributed by atoms with Gasteiger partial charge in [0.05, 0.1) is 0 Å². The van der Waals surface area contributed by atoms with E-state index in [2.05, 4.69) is 0 Å². The van der Waals surface area contributed by atoms with Gasteiger partial charge < -0.3 is 0 Å². The van der Waals surface area contributed by atoms with Gasteiger partial charge in [0.25, 0.3) is 0 Å². The molecule has 0 spiro atoms. The molecule has 0 amide bonds. The summed E-state index contributed by atoms with van der Waals surface area (Å²) in [6, 6.07) is 0. The van der Waals surface area contributed by atoms with E-state index in [0.29, 0.717) is 0 Å². The van der Waals surface area contributed by atoms with Crippen LogP contribution in [0.4, 0.5) is 0 Å². The summed E-state index contributed by atoms with van der Waals surface area (Å²) in [6.07, 6.45) is 4.53. The average molecular weight is 118 g/mol. The molecular weight excluding hydrogens is 108 g/mol. The molecule has 0 heterocycles. The molecular formula is C5H10OS. The van der Waals surface area contributed by atoms with Crippen molar-refractivity contribution in [2.45, 2.75) is 13.3 Å². The van der Waals surface area contributed by atoms with Crippen molar-refractivity contribution in [1.82, 2.24) is 0 Å². The predicted molar refractivity (Wildman–Crippen MR) is 33.5 cm³/mol. The van der Waals surface area contributed by atoms with Crippen LogP contribution >= 0.6 is 0 Å². The molecule has 0 N–H and O–H groups in total. The van der Waals surface area contributed by atoms with Crippen LogP contribution in [-0.2, 0) is 10.8 Å². The first-order valence-electron chi connectivity index (χ1n) is 2.26. The van der Waals surface area contributed by atoms with Gasteiger partial charge in [-0.15, -0.1) is 0 Å². The Bertz CT molecular complexity index is 86.1. The molecule has 0 aromatic heterocycles. The van der Waals surface area contributed by atoms with Gasteiger partial charge in [-0.2, -0.15) is 0 Å². The summed E-state index contributed by atoms with van der Waals surface area (Å²) in [5.41, 5.74) is 0. The Kier molecular flexibility index (Phi) is 4.00. The smallest absolute Gasteiger partial charge is 0.0421 e. The lowest BCUT2D eigenvalue weighted by Crippen LogP contribution is -1.72. The molecule has 0 aliphatic heterocycles. The van der Waals surface area contributed by atoms with E-state index in [1.54, 1.807) is 11.7 Å². The maximum atomic E-state index is 10.2. The summed E-state index contributed by atoms with van der Waals surface area (Å²) < 4.78 is 10.2. The average Bonchev–Trinajstić information content (AvgIpc) is 1.61. The van der Waals surface area contributed by atoms with Crippen molar-refractivity contribution in [2.75, 3.05) is 6.26 Å². The van der Waals surface area contributed by atoms with Gasteiger partial charge in [-0.05, 0) is 11.8 Å². The lowest BCUT2D eigenvalue weighted by molar-refractivity contribution is 0.691. The van der Waals surface area contributed by atoms with Gasteiger partial charge in [-0.3, -0.25) is 4.21 Å². The maximum absolute atomic E-state index is 10.2. The second kappa shape index (κ2) is 4.06. The Morgan fingerprint density at radius 3 is 2.43 bits per heavy atom. The second-order valence-electron chi connectivity index (χ2n) is 1.28. The quantitative estimate of drug-likeness (QED) is 0.534. The molecule has 0 aromatic rings. The number of rotatable bonds is 2. The summed E-state index contributed by atoms with van der Waals surface area (Å²) in [5, 5.41) is 1.69. The molecule has 1 nitrogen and oxygen atoms in total. The minimum atomic E-state index is -0.746. The molecule has 2 heteroatoms. The molecule has 0 radical (unpaired) electrons. The Balaban J connectivity index is 3.26. The molecule has 0 bridgehead atoms. The van der Waals surface area contributed by atoms with E-state index >= 15 is 0 Å². The van der Waals surface area contributed by atoms with E-state index in [0.717, 1.165) is 6.42 Å². The highest BCUT2D eigenvalue weighted by molar-refractivity contribution is 7.87. The van der Waals surface area contributed by atoms with E-state index in [-0.39, 0.29) is 0 Å². The van der Waals surface area contributed by atoms with E-state index in [1.807, 2.05) is 13.0 Å². The maximum Gasteiger partial charge on any atom is 0.0421 e. The first kappa shape index (κ1) is 6.89. The zero-order valence-electron chi connectivity index (χ0n) is 4.68. The van der Waals surface area contributed by atoms with Crippen LogP contribution in [0.1, 0.15) is 13.3 Å². The topological polar surface area (TPSA) is 17.1 Å². The highest BCUT2D eigenvalue weighted by Crippen LogP contribution is 1.81. The molecule has 0 aliphatic rings. The minimum absolute atomic E-state index is 0.746. The molecule has 0 fully saturated rings. The molecule has 1 atom stereocenters. The summed E-state index contributed by atoms with van der Waals surface area (Å²) in [4.78, 5) is 0. The Hall–Kier alpha value is -0.110. The highest BCUT2D eigenvalue weighted by atomic mass is 32.2. The first-order valence-corrected chi connectivity index (χ1v) is 3.88. The predicted octanol–water partition coefficient (Wildman–Crippen LogP) is 1.29. The van der Waals surface area contributed by atoms with Crippen LogP contribution in [0.2, 0.25) is 0 Å². The van der Waals surface area contributed by atoms with E-state index < -0.39 is 10.8 Å². The van der Waals surface area contributed by atoms with Crippen LogP contribution in [0, 0.1) is 0 Å². The second-order valence-corrected chi connectivity index (χ2v) is 2.55. The fourth-order valence-electron chi connectivity index (χ4n) is 0.232. The number of hydrogen-bond donors (Lipinski definition) is 0. The van der Waals surface area contributed by atoms with Crippen molar-refractivity contribution in [3.8, 4) is 0 Å². The van der Waals surface area contributed by atoms with Crippen molar-refractivity contribution >= 4 is 10.8 Å². The highest BCUT2D eigenvalue weighted by Gasteiger charge is 1.72. The molecule has 0 rings (SSSR count). The normalized spacial score (nSPS) is 15.1. The molecule has 1 unspecified atom stereocenters. The lowest BCUT2D eigenvalue weighted by atomic mass is 10.5. The number of hydrogen-bond acceptors (Lipinski definition) is 1. The SMILES string of the molecule is CC/C=C/S(C)=O. The standard InChI is InChI=1S/C5H10OS/c1-3-4-5-7(2)6/h4-5H,3H2,1-2H3/b5-4+. The molecule has 42 valence electrons. The van der Waals surface area contributed by atoms with Gasteiger partial charge in [0, 0.05) is 17.1 Å². The van der Waals surface area contributed by atoms with Crippen LogP contribution in [0.25, 0.3) is 0 Å². The lowest BCUT2D eigenvalue weighted by Gasteiger charge is -1.75. The summed E-state index contributed by atoms with van der Waals surface area (Å²) in [7, 11) is -0.746. The van der Waals surface area contributed by atoms with Crippen LogP contribution in [0.3, 0.4) is 0 Å². The number of allylic oxidation sites excluding steroid dienone is 1. The van der Waals surface area contributed by atoms with Crippen molar-refractivity contribution < 1.29 is 4.21 Å². The van der Waals surface area contributed by atoms with Gasteiger partial charge in [0.2, 0.25) is 0 Å². The molecule has 7 heavy (non-hydrogen) atoms. The first-order chi connectivity index (χ1) is 3.27. The van der Waals surface area contributed by atoms with Crippen LogP contribution in [0.5, 0.6) is 0 Å². The third kappa shape index (κ3) is 5.89. The molecule has 0 aliphatic carbocycles. The summed E-state index contributed by atoms with van der Waals surface area (Å²) in [6.45, 7) is 2.02. The minimum Gasteiger partial charge on any atom is -0.255 e. The Morgan fingerprint density at radius 2 is 2.29 bits per heavy atom. The van der Waals surface area contributed by atoms with Gasteiger partial charge in [-0.25, -0.2) is 0 Å². The van der Waals surface area contributed by atoms with Gasteiger partial charge in [0.15, 0.2) is 0 Å². The van der Waals surface area contributed by atoms with Crippen molar-refractivity contribution in [2.24, 2.45) is 0 Å².